The van der Waals surface area contributed by atoms with Gasteiger partial charge in [-0.3, -0.25) is 4.90 Å². The molecule has 0 saturated heterocycles. The molecule has 0 unspecified atom stereocenters. The van der Waals surface area contributed by atoms with Crippen molar-refractivity contribution in [1.82, 2.24) is 10.2 Å². The summed E-state index contributed by atoms with van der Waals surface area (Å²) in [7, 11) is 2.27. The molecule has 0 atom stereocenters. The van der Waals surface area contributed by atoms with Crippen LogP contribution in [0.5, 0.6) is 0 Å². The van der Waals surface area contributed by atoms with E-state index in [1.807, 2.05) is 11.3 Å². The Hall–Kier alpha value is -0.900. The lowest BCUT2D eigenvalue weighted by molar-refractivity contribution is 0.317. The molecule has 0 bridgehead atoms. The number of thiophene rings is 1. The van der Waals surface area contributed by atoms with E-state index in [9.17, 15) is 0 Å². The first-order chi connectivity index (χ1) is 9.79. The van der Waals surface area contributed by atoms with Crippen molar-refractivity contribution in [3.8, 4) is 0 Å². The SMILES string of the molecule is CCCNCc1sc2ccccc2c1CN(C)C1CC1. The topological polar surface area (TPSA) is 15.3 Å². The fraction of sp³-hybridized carbons (Fsp3) is 0.529. The number of hydrogen-bond acceptors (Lipinski definition) is 3. The van der Waals surface area contributed by atoms with Crippen molar-refractivity contribution in [2.45, 2.75) is 45.3 Å². The third-order valence-corrected chi connectivity index (χ3v) is 5.29. The maximum absolute atomic E-state index is 3.56. The summed E-state index contributed by atoms with van der Waals surface area (Å²) in [4.78, 5) is 4.05. The second-order valence-corrected chi connectivity index (χ2v) is 6.96. The van der Waals surface area contributed by atoms with Crippen LogP contribution in [0.1, 0.15) is 36.6 Å². The van der Waals surface area contributed by atoms with E-state index in [4.69, 9.17) is 0 Å². The van der Waals surface area contributed by atoms with E-state index in [0.717, 1.165) is 25.7 Å². The van der Waals surface area contributed by atoms with Crippen molar-refractivity contribution in [3.63, 3.8) is 0 Å². The van der Waals surface area contributed by atoms with Crippen LogP contribution in [0.25, 0.3) is 10.1 Å². The maximum Gasteiger partial charge on any atom is 0.0349 e. The average Bonchev–Trinajstić information content (AvgIpc) is 3.25. The predicted octanol–water partition coefficient (Wildman–Crippen LogP) is 4.00. The van der Waals surface area contributed by atoms with Crippen LogP contribution < -0.4 is 5.32 Å². The van der Waals surface area contributed by atoms with E-state index < -0.39 is 0 Å². The Balaban J connectivity index is 1.86. The standard InChI is InChI=1S/C17H24N2S/c1-3-10-18-11-17-15(12-19(2)13-8-9-13)14-6-4-5-7-16(14)20-17/h4-7,13,18H,3,8-12H2,1-2H3. The third-order valence-electron chi connectivity index (χ3n) is 4.07. The number of nitrogens with zero attached hydrogens (tertiary/aromatic N) is 1. The summed E-state index contributed by atoms with van der Waals surface area (Å²) in [6.07, 6.45) is 3.95. The smallest absolute Gasteiger partial charge is 0.0349 e. The van der Waals surface area contributed by atoms with Gasteiger partial charge in [0.2, 0.25) is 0 Å². The molecule has 2 aromatic rings. The molecule has 2 nitrogen and oxygen atoms in total. The Labute approximate surface area is 125 Å². The van der Waals surface area contributed by atoms with Crippen LogP contribution >= 0.6 is 11.3 Å². The molecule has 1 aromatic heterocycles. The first kappa shape index (κ1) is 14.1. The summed E-state index contributed by atoms with van der Waals surface area (Å²) in [6, 6.07) is 9.68. The van der Waals surface area contributed by atoms with Crippen molar-refractivity contribution < 1.29 is 0 Å². The van der Waals surface area contributed by atoms with E-state index in [0.29, 0.717) is 0 Å². The van der Waals surface area contributed by atoms with Gasteiger partial charge in [0.05, 0.1) is 0 Å². The summed E-state index contributed by atoms with van der Waals surface area (Å²) in [5.41, 5.74) is 1.55. The average molecular weight is 288 g/mol. The van der Waals surface area contributed by atoms with Crippen molar-refractivity contribution in [2.24, 2.45) is 0 Å². The molecule has 0 radical (unpaired) electrons. The minimum atomic E-state index is 0.824. The summed E-state index contributed by atoms with van der Waals surface area (Å²) < 4.78 is 1.43. The fourth-order valence-electron chi connectivity index (χ4n) is 2.74. The zero-order valence-electron chi connectivity index (χ0n) is 12.5. The lowest BCUT2D eigenvalue weighted by Crippen LogP contribution is -2.21. The molecule has 1 N–H and O–H groups in total. The minimum Gasteiger partial charge on any atom is -0.312 e. The zero-order chi connectivity index (χ0) is 13.9. The van der Waals surface area contributed by atoms with Gasteiger partial charge in [0.15, 0.2) is 0 Å². The van der Waals surface area contributed by atoms with Crippen LogP contribution in [0, 0.1) is 0 Å². The van der Waals surface area contributed by atoms with Gasteiger partial charge in [0.1, 0.15) is 0 Å². The molecule has 1 aliphatic carbocycles. The zero-order valence-corrected chi connectivity index (χ0v) is 13.3. The number of benzene rings is 1. The number of nitrogens with one attached hydrogen (secondary N) is 1. The largest absolute Gasteiger partial charge is 0.312 e. The van der Waals surface area contributed by atoms with E-state index in [1.54, 1.807) is 5.56 Å². The fourth-order valence-corrected chi connectivity index (χ4v) is 3.92. The molecule has 3 heteroatoms. The highest BCUT2D eigenvalue weighted by molar-refractivity contribution is 7.19. The van der Waals surface area contributed by atoms with Gasteiger partial charge < -0.3 is 5.32 Å². The maximum atomic E-state index is 3.56. The van der Waals surface area contributed by atoms with Gasteiger partial charge in [-0.1, -0.05) is 25.1 Å². The molecule has 1 saturated carbocycles. The van der Waals surface area contributed by atoms with Crippen molar-refractivity contribution in [1.29, 1.82) is 0 Å². The van der Waals surface area contributed by atoms with Crippen LogP contribution in [0.15, 0.2) is 24.3 Å². The normalized spacial score (nSPS) is 15.3. The number of hydrogen-bond donors (Lipinski definition) is 1. The number of rotatable bonds is 7. The summed E-state index contributed by atoms with van der Waals surface area (Å²) in [5, 5.41) is 5.02. The summed E-state index contributed by atoms with van der Waals surface area (Å²) in [6.45, 7) is 5.44. The summed E-state index contributed by atoms with van der Waals surface area (Å²) in [5.74, 6) is 0. The van der Waals surface area contributed by atoms with Crippen molar-refractivity contribution >= 4 is 21.4 Å². The first-order valence-electron chi connectivity index (χ1n) is 7.70. The van der Waals surface area contributed by atoms with E-state index in [2.05, 4.69) is 48.5 Å². The molecule has 1 aromatic carbocycles. The molecule has 0 spiro atoms. The Morgan fingerprint density at radius 1 is 1.30 bits per heavy atom. The Morgan fingerprint density at radius 3 is 2.85 bits per heavy atom. The van der Waals surface area contributed by atoms with Crippen molar-refractivity contribution in [2.75, 3.05) is 13.6 Å². The van der Waals surface area contributed by atoms with Crippen LogP contribution in [-0.4, -0.2) is 24.5 Å². The highest BCUT2D eigenvalue weighted by Crippen LogP contribution is 2.34. The molecule has 0 amide bonds. The monoisotopic (exact) mass is 288 g/mol. The highest BCUT2D eigenvalue weighted by Gasteiger charge is 2.27. The Kier molecular flexibility index (Phi) is 4.39. The second kappa shape index (κ2) is 6.25. The molecular formula is C17H24N2S. The van der Waals surface area contributed by atoms with Crippen LogP contribution in [0.3, 0.4) is 0 Å². The first-order valence-corrected chi connectivity index (χ1v) is 8.51. The van der Waals surface area contributed by atoms with Gasteiger partial charge in [-0.05, 0) is 49.9 Å². The highest BCUT2D eigenvalue weighted by atomic mass is 32.1. The van der Waals surface area contributed by atoms with Crippen LogP contribution in [-0.2, 0) is 13.1 Å². The van der Waals surface area contributed by atoms with Gasteiger partial charge >= 0.3 is 0 Å². The van der Waals surface area contributed by atoms with Gasteiger partial charge in [-0.15, -0.1) is 11.3 Å². The molecule has 0 aliphatic heterocycles. The third kappa shape index (κ3) is 3.05. The van der Waals surface area contributed by atoms with Gasteiger partial charge in [0, 0.05) is 28.7 Å². The molecular weight excluding hydrogens is 264 g/mol. The minimum absolute atomic E-state index is 0.824. The van der Waals surface area contributed by atoms with E-state index >= 15 is 0 Å². The Morgan fingerprint density at radius 2 is 2.10 bits per heavy atom. The van der Waals surface area contributed by atoms with Gasteiger partial charge in [-0.25, -0.2) is 0 Å². The molecule has 108 valence electrons. The van der Waals surface area contributed by atoms with E-state index in [1.165, 1.54) is 34.2 Å². The molecule has 3 rings (SSSR count). The van der Waals surface area contributed by atoms with Gasteiger partial charge in [-0.2, -0.15) is 0 Å². The Bertz CT molecular complexity index is 571. The van der Waals surface area contributed by atoms with Crippen LogP contribution in [0.4, 0.5) is 0 Å². The predicted molar refractivity (Wildman–Crippen MR) is 88.3 cm³/mol. The summed E-state index contributed by atoms with van der Waals surface area (Å²) >= 11 is 1.96. The lowest BCUT2D eigenvalue weighted by Gasteiger charge is -2.16. The van der Waals surface area contributed by atoms with Gasteiger partial charge in [0.25, 0.3) is 0 Å². The molecule has 20 heavy (non-hydrogen) atoms. The second-order valence-electron chi connectivity index (χ2n) is 5.82. The number of fused-ring (bicyclic) bond motifs is 1. The quantitative estimate of drug-likeness (QED) is 0.775. The van der Waals surface area contributed by atoms with E-state index in [-0.39, 0.29) is 0 Å². The lowest BCUT2D eigenvalue weighted by atomic mass is 10.1. The molecule has 1 aliphatic rings. The molecule has 1 fully saturated rings. The van der Waals surface area contributed by atoms with Crippen LogP contribution in [0.2, 0.25) is 0 Å². The van der Waals surface area contributed by atoms with Crippen molar-refractivity contribution in [3.05, 3.63) is 34.7 Å². The molecule has 1 heterocycles.